The minimum atomic E-state index is -0.946. The van der Waals surface area contributed by atoms with Gasteiger partial charge in [-0.25, -0.2) is 0 Å². The predicted molar refractivity (Wildman–Crippen MR) is 137 cm³/mol. The van der Waals surface area contributed by atoms with Crippen molar-refractivity contribution in [3.63, 3.8) is 0 Å². The van der Waals surface area contributed by atoms with Crippen molar-refractivity contribution in [2.75, 3.05) is 12.0 Å². The van der Waals surface area contributed by atoms with Gasteiger partial charge in [0, 0.05) is 16.9 Å². The first-order valence-electron chi connectivity index (χ1n) is 11.2. The van der Waals surface area contributed by atoms with Crippen molar-refractivity contribution in [2.24, 2.45) is 0 Å². The Morgan fingerprint density at radius 1 is 1.09 bits per heavy atom. The highest BCUT2D eigenvalue weighted by Crippen LogP contribution is 2.43. The first kappa shape index (κ1) is 24.5. The molecule has 1 aliphatic rings. The third-order valence-electron chi connectivity index (χ3n) is 6.17. The van der Waals surface area contributed by atoms with E-state index in [0.717, 1.165) is 11.1 Å². The number of amides is 1. The lowest BCUT2D eigenvalue weighted by Crippen LogP contribution is -2.29. The molecule has 2 aromatic carbocycles. The number of aromatic nitrogens is 1. The first-order chi connectivity index (χ1) is 16.5. The van der Waals surface area contributed by atoms with E-state index in [1.165, 1.54) is 12.0 Å². The monoisotopic (exact) mass is 490 g/mol. The van der Waals surface area contributed by atoms with Gasteiger partial charge >= 0.3 is 0 Å². The molecule has 4 rings (SSSR count). The van der Waals surface area contributed by atoms with E-state index in [9.17, 15) is 14.7 Å². The molecule has 1 amide bonds. The molecule has 35 heavy (non-hydrogen) atoms. The molecule has 0 saturated carbocycles. The van der Waals surface area contributed by atoms with Crippen molar-refractivity contribution in [1.29, 1.82) is 0 Å². The maximum absolute atomic E-state index is 13.4. The largest absolute Gasteiger partial charge is 0.507 e. The number of aliphatic hydroxyl groups is 1. The van der Waals surface area contributed by atoms with Crippen LogP contribution in [0.2, 0.25) is 5.02 Å². The van der Waals surface area contributed by atoms with Crippen molar-refractivity contribution in [1.82, 2.24) is 4.98 Å². The summed E-state index contributed by atoms with van der Waals surface area (Å²) in [6.07, 6.45) is 1.58. The molecule has 1 N–H and O–H groups in total. The van der Waals surface area contributed by atoms with E-state index in [1.54, 1.807) is 54.7 Å². The Hall–Kier alpha value is -3.64. The number of pyridine rings is 1. The van der Waals surface area contributed by atoms with Crippen LogP contribution in [-0.4, -0.2) is 28.9 Å². The molecule has 0 bridgehead atoms. The van der Waals surface area contributed by atoms with Gasteiger partial charge in [0.05, 0.1) is 23.9 Å². The highest BCUT2D eigenvalue weighted by atomic mass is 35.5. The molecule has 3 aromatic rings. The summed E-state index contributed by atoms with van der Waals surface area (Å²) in [7, 11) is 1.49. The van der Waals surface area contributed by atoms with E-state index < -0.39 is 17.7 Å². The molecule has 1 saturated heterocycles. The highest BCUT2D eigenvalue weighted by Gasteiger charge is 2.48. The van der Waals surface area contributed by atoms with Crippen LogP contribution in [0.15, 0.2) is 66.4 Å². The standard InChI is InChI=1S/C28H27ClN2O4/c1-16-9-11-18(15-20(16)29)31-24(21-8-6-7-13-30-21)23(26(33)27(31)34)25(32)19-14-17(28(2,3)4)10-12-22(19)35-5/h6-15,24,32H,1-5H3/b25-23+. The van der Waals surface area contributed by atoms with Crippen molar-refractivity contribution in [3.05, 3.63) is 93.8 Å². The molecule has 6 nitrogen and oxygen atoms in total. The number of Topliss-reactive ketones (excluding diaryl/α,β-unsaturated/α-hetero) is 1. The summed E-state index contributed by atoms with van der Waals surface area (Å²) in [6, 6.07) is 14.9. The number of halogens is 1. The quantitative estimate of drug-likeness (QED) is 0.276. The third-order valence-corrected chi connectivity index (χ3v) is 6.57. The molecule has 0 radical (unpaired) electrons. The van der Waals surface area contributed by atoms with Crippen LogP contribution < -0.4 is 9.64 Å². The number of methoxy groups -OCH3 is 1. The Balaban J connectivity index is 1.99. The van der Waals surface area contributed by atoms with Crippen molar-refractivity contribution >= 4 is 34.7 Å². The number of aliphatic hydroxyl groups excluding tert-OH is 1. The van der Waals surface area contributed by atoms with Gasteiger partial charge in [-0.2, -0.15) is 0 Å². The summed E-state index contributed by atoms with van der Waals surface area (Å²) in [5, 5.41) is 12.0. The third kappa shape index (κ3) is 4.42. The Labute approximate surface area is 209 Å². The number of ether oxygens (including phenoxy) is 1. The summed E-state index contributed by atoms with van der Waals surface area (Å²) >= 11 is 6.35. The normalized spacial score (nSPS) is 17.7. The molecular formula is C28H27ClN2O4. The van der Waals surface area contributed by atoms with Gasteiger partial charge < -0.3 is 9.84 Å². The second-order valence-corrected chi connectivity index (χ2v) is 9.93. The van der Waals surface area contributed by atoms with Gasteiger partial charge in [-0.05, 0) is 59.9 Å². The number of benzene rings is 2. The number of carbonyl (C=O) groups excluding carboxylic acids is 2. The van der Waals surface area contributed by atoms with Crippen LogP contribution in [0.5, 0.6) is 5.75 Å². The summed E-state index contributed by atoms with van der Waals surface area (Å²) in [5.41, 5.74) is 2.71. The summed E-state index contributed by atoms with van der Waals surface area (Å²) in [6.45, 7) is 8.00. The number of hydrogen-bond acceptors (Lipinski definition) is 5. The average Bonchev–Trinajstić information content (AvgIpc) is 3.10. The molecule has 1 unspecified atom stereocenters. The van der Waals surface area contributed by atoms with Gasteiger partial charge in [0.1, 0.15) is 17.6 Å². The van der Waals surface area contributed by atoms with Gasteiger partial charge in [-0.1, -0.05) is 50.6 Å². The number of anilines is 1. The fraction of sp³-hybridized carbons (Fsp3) is 0.250. The van der Waals surface area contributed by atoms with E-state index >= 15 is 0 Å². The van der Waals surface area contributed by atoms with Crippen molar-refractivity contribution in [2.45, 2.75) is 39.2 Å². The molecule has 0 spiro atoms. The molecule has 180 valence electrons. The topological polar surface area (TPSA) is 79.7 Å². The Kier molecular flexibility index (Phi) is 6.43. The molecule has 1 aromatic heterocycles. The molecule has 2 heterocycles. The van der Waals surface area contributed by atoms with Gasteiger partial charge in [0.2, 0.25) is 0 Å². The first-order valence-corrected chi connectivity index (χ1v) is 11.6. The van der Waals surface area contributed by atoms with E-state index in [1.807, 2.05) is 33.8 Å². The van der Waals surface area contributed by atoms with Crippen LogP contribution in [0, 0.1) is 6.92 Å². The lowest BCUT2D eigenvalue weighted by Gasteiger charge is -2.25. The van der Waals surface area contributed by atoms with Crippen molar-refractivity contribution in [3.8, 4) is 5.75 Å². The maximum atomic E-state index is 13.4. The average molecular weight is 491 g/mol. The van der Waals surface area contributed by atoms with Gasteiger partial charge in [-0.15, -0.1) is 0 Å². The molecule has 1 atom stereocenters. The Morgan fingerprint density at radius 3 is 2.43 bits per heavy atom. The lowest BCUT2D eigenvalue weighted by atomic mass is 9.85. The zero-order valence-corrected chi connectivity index (χ0v) is 21.1. The molecular weight excluding hydrogens is 464 g/mol. The van der Waals surface area contributed by atoms with Gasteiger partial charge in [0.25, 0.3) is 11.7 Å². The van der Waals surface area contributed by atoms with Crippen LogP contribution in [0.25, 0.3) is 5.76 Å². The fourth-order valence-electron chi connectivity index (χ4n) is 4.15. The van der Waals surface area contributed by atoms with Crippen LogP contribution in [0.3, 0.4) is 0 Å². The summed E-state index contributed by atoms with van der Waals surface area (Å²) in [4.78, 5) is 32.5. The highest BCUT2D eigenvalue weighted by molar-refractivity contribution is 6.51. The van der Waals surface area contributed by atoms with Crippen LogP contribution in [-0.2, 0) is 15.0 Å². The van der Waals surface area contributed by atoms with Crippen LogP contribution >= 0.6 is 11.6 Å². The smallest absolute Gasteiger partial charge is 0.300 e. The number of ketones is 1. The minimum absolute atomic E-state index is 0.0604. The van der Waals surface area contributed by atoms with Gasteiger partial charge in [0.15, 0.2) is 0 Å². The zero-order chi connectivity index (χ0) is 25.5. The second-order valence-electron chi connectivity index (χ2n) is 9.52. The molecule has 0 aliphatic carbocycles. The Morgan fingerprint density at radius 2 is 1.83 bits per heavy atom. The second kappa shape index (κ2) is 9.19. The Bertz CT molecular complexity index is 1340. The predicted octanol–water partition coefficient (Wildman–Crippen LogP) is 5.98. The van der Waals surface area contributed by atoms with Crippen molar-refractivity contribution < 1.29 is 19.4 Å². The van der Waals surface area contributed by atoms with Crippen LogP contribution in [0.1, 0.15) is 49.2 Å². The summed E-state index contributed by atoms with van der Waals surface area (Å²) < 4.78 is 5.50. The SMILES string of the molecule is COc1ccc(C(C)(C)C)cc1/C(O)=C1\C(=O)C(=O)N(c2ccc(C)c(Cl)c2)C1c1ccccn1. The number of rotatable bonds is 4. The number of carbonyl (C=O) groups is 2. The molecule has 7 heteroatoms. The van der Waals surface area contributed by atoms with Gasteiger partial charge in [-0.3, -0.25) is 19.5 Å². The van der Waals surface area contributed by atoms with E-state index in [2.05, 4.69) is 4.98 Å². The fourth-order valence-corrected chi connectivity index (χ4v) is 4.33. The summed E-state index contributed by atoms with van der Waals surface area (Å²) in [5.74, 6) is -1.51. The lowest BCUT2D eigenvalue weighted by molar-refractivity contribution is -0.132. The number of aryl methyl sites for hydroxylation is 1. The number of nitrogens with zero attached hydrogens (tertiary/aromatic N) is 2. The van der Waals surface area contributed by atoms with E-state index in [-0.39, 0.29) is 16.7 Å². The minimum Gasteiger partial charge on any atom is -0.507 e. The molecule has 1 fully saturated rings. The van der Waals surface area contributed by atoms with E-state index in [4.69, 9.17) is 16.3 Å². The number of hydrogen-bond donors (Lipinski definition) is 1. The molecule has 1 aliphatic heterocycles. The van der Waals surface area contributed by atoms with Crippen LogP contribution in [0.4, 0.5) is 5.69 Å². The maximum Gasteiger partial charge on any atom is 0.300 e. The zero-order valence-electron chi connectivity index (χ0n) is 20.3. The van der Waals surface area contributed by atoms with E-state index in [0.29, 0.717) is 27.7 Å².